The van der Waals surface area contributed by atoms with E-state index in [2.05, 4.69) is 50.4 Å². The van der Waals surface area contributed by atoms with Gasteiger partial charge in [-0.15, -0.1) is 0 Å². The summed E-state index contributed by atoms with van der Waals surface area (Å²) < 4.78 is 5.23. The van der Waals surface area contributed by atoms with Crippen molar-refractivity contribution >= 4 is 5.96 Å². The fraction of sp³-hybridized carbons (Fsp3) is 0.381. The third-order valence-electron chi connectivity index (χ3n) is 4.86. The molecule has 0 aromatic heterocycles. The number of guanidine groups is 1. The number of methoxy groups -OCH3 is 1. The Morgan fingerprint density at radius 2 is 1.85 bits per heavy atom. The Balaban J connectivity index is 1.52. The van der Waals surface area contributed by atoms with Crippen LogP contribution in [0.3, 0.4) is 0 Å². The van der Waals surface area contributed by atoms with Crippen molar-refractivity contribution in [3.8, 4) is 11.5 Å². The van der Waals surface area contributed by atoms with Gasteiger partial charge in [-0.05, 0) is 23.8 Å². The number of hydrogen-bond acceptors (Lipinski definition) is 4. The molecule has 0 aliphatic carbocycles. The number of nitrogens with one attached hydrogen (secondary N) is 1. The zero-order valence-corrected chi connectivity index (χ0v) is 16.1. The van der Waals surface area contributed by atoms with Gasteiger partial charge in [-0.3, -0.25) is 9.89 Å². The molecule has 2 aromatic carbocycles. The first-order valence-corrected chi connectivity index (χ1v) is 9.27. The van der Waals surface area contributed by atoms with Crippen LogP contribution in [0.2, 0.25) is 0 Å². The number of aliphatic imine (C=N–C) groups is 1. The summed E-state index contributed by atoms with van der Waals surface area (Å²) in [4.78, 5) is 9.14. The lowest BCUT2D eigenvalue weighted by Crippen LogP contribution is -2.52. The van der Waals surface area contributed by atoms with Gasteiger partial charge in [0, 0.05) is 51.9 Å². The molecule has 1 aliphatic rings. The van der Waals surface area contributed by atoms with Crippen molar-refractivity contribution in [2.24, 2.45) is 4.99 Å². The largest absolute Gasteiger partial charge is 0.508 e. The molecular formula is C21H28N4O2. The van der Waals surface area contributed by atoms with E-state index in [1.165, 1.54) is 5.56 Å². The van der Waals surface area contributed by atoms with E-state index in [0.29, 0.717) is 6.54 Å². The Labute approximate surface area is 161 Å². The number of hydrogen-bond donors (Lipinski definition) is 2. The second-order valence-corrected chi connectivity index (χ2v) is 6.64. The Morgan fingerprint density at radius 3 is 2.52 bits per heavy atom. The van der Waals surface area contributed by atoms with Crippen molar-refractivity contribution in [3.05, 3.63) is 59.7 Å². The maximum absolute atomic E-state index is 10.0. The van der Waals surface area contributed by atoms with Gasteiger partial charge in [-0.2, -0.15) is 0 Å². The number of piperazine rings is 1. The van der Waals surface area contributed by atoms with Gasteiger partial charge in [0.25, 0.3) is 0 Å². The molecule has 2 N–H and O–H groups in total. The molecule has 3 rings (SSSR count). The Hall–Kier alpha value is -2.73. The highest BCUT2D eigenvalue weighted by Gasteiger charge is 2.19. The molecule has 6 heteroatoms. The molecule has 0 bridgehead atoms. The van der Waals surface area contributed by atoms with E-state index in [-0.39, 0.29) is 5.75 Å². The molecule has 0 unspecified atom stereocenters. The molecule has 0 saturated carbocycles. The minimum atomic E-state index is 0.256. The maximum atomic E-state index is 10.0. The predicted molar refractivity (Wildman–Crippen MR) is 108 cm³/mol. The van der Waals surface area contributed by atoms with Crippen molar-refractivity contribution in [2.45, 2.75) is 13.1 Å². The SMILES string of the molecule is CN=C(NCc1cc(OC)ccc1O)N1CCN(Cc2ccccc2)CC1. The summed E-state index contributed by atoms with van der Waals surface area (Å²) in [7, 11) is 3.42. The zero-order valence-electron chi connectivity index (χ0n) is 16.1. The molecule has 144 valence electrons. The fourth-order valence-electron chi connectivity index (χ4n) is 3.30. The summed E-state index contributed by atoms with van der Waals surface area (Å²) in [6.45, 7) is 5.34. The Kier molecular flexibility index (Phi) is 6.54. The van der Waals surface area contributed by atoms with Gasteiger partial charge in [0.2, 0.25) is 0 Å². The molecule has 1 heterocycles. The van der Waals surface area contributed by atoms with Crippen LogP contribution in [0, 0.1) is 0 Å². The van der Waals surface area contributed by atoms with Crippen molar-refractivity contribution < 1.29 is 9.84 Å². The van der Waals surface area contributed by atoms with E-state index in [9.17, 15) is 5.11 Å². The van der Waals surface area contributed by atoms with Gasteiger partial charge in [0.05, 0.1) is 7.11 Å². The molecule has 2 aromatic rings. The summed E-state index contributed by atoms with van der Waals surface area (Å²) in [6, 6.07) is 15.8. The van der Waals surface area contributed by atoms with E-state index in [1.54, 1.807) is 26.3 Å². The average Bonchev–Trinajstić information content (AvgIpc) is 2.71. The van der Waals surface area contributed by atoms with Gasteiger partial charge >= 0.3 is 0 Å². The van der Waals surface area contributed by atoms with Crippen LogP contribution < -0.4 is 10.1 Å². The number of phenols is 1. The summed E-state index contributed by atoms with van der Waals surface area (Å²) >= 11 is 0. The van der Waals surface area contributed by atoms with E-state index < -0.39 is 0 Å². The van der Waals surface area contributed by atoms with Gasteiger partial charge in [-0.25, -0.2) is 0 Å². The molecule has 6 nitrogen and oxygen atoms in total. The molecule has 0 atom stereocenters. The van der Waals surface area contributed by atoms with Crippen LogP contribution in [-0.2, 0) is 13.1 Å². The third-order valence-corrected chi connectivity index (χ3v) is 4.86. The van der Waals surface area contributed by atoms with E-state index in [4.69, 9.17) is 4.74 Å². The lowest BCUT2D eigenvalue weighted by molar-refractivity contribution is 0.172. The number of phenolic OH excluding ortho intramolecular Hbond substituents is 1. The van der Waals surface area contributed by atoms with E-state index in [0.717, 1.165) is 50.0 Å². The molecule has 1 saturated heterocycles. The third kappa shape index (κ3) is 5.14. The smallest absolute Gasteiger partial charge is 0.194 e. The molecule has 1 aliphatic heterocycles. The zero-order chi connectivity index (χ0) is 19.1. The molecule has 0 amide bonds. The first kappa shape index (κ1) is 19.0. The molecular weight excluding hydrogens is 340 g/mol. The number of aromatic hydroxyl groups is 1. The number of ether oxygens (including phenoxy) is 1. The fourth-order valence-corrected chi connectivity index (χ4v) is 3.30. The minimum Gasteiger partial charge on any atom is -0.508 e. The van der Waals surface area contributed by atoms with Crippen LogP contribution in [0.25, 0.3) is 0 Å². The predicted octanol–water partition coefficient (Wildman–Crippen LogP) is 2.29. The van der Waals surface area contributed by atoms with E-state index >= 15 is 0 Å². The summed E-state index contributed by atoms with van der Waals surface area (Å²) in [5, 5.41) is 13.4. The number of nitrogens with zero attached hydrogens (tertiary/aromatic N) is 3. The molecule has 0 spiro atoms. The van der Waals surface area contributed by atoms with Gasteiger partial charge < -0.3 is 20.1 Å². The van der Waals surface area contributed by atoms with Crippen molar-refractivity contribution in [3.63, 3.8) is 0 Å². The van der Waals surface area contributed by atoms with Crippen LogP contribution in [0.5, 0.6) is 11.5 Å². The van der Waals surface area contributed by atoms with Crippen molar-refractivity contribution in [1.82, 2.24) is 15.1 Å². The van der Waals surface area contributed by atoms with Crippen molar-refractivity contribution in [1.29, 1.82) is 0 Å². The van der Waals surface area contributed by atoms with Gasteiger partial charge in [0.1, 0.15) is 11.5 Å². The minimum absolute atomic E-state index is 0.256. The number of benzene rings is 2. The van der Waals surface area contributed by atoms with Crippen molar-refractivity contribution in [2.75, 3.05) is 40.3 Å². The summed E-state index contributed by atoms with van der Waals surface area (Å²) in [5.74, 6) is 1.84. The second-order valence-electron chi connectivity index (χ2n) is 6.64. The monoisotopic (exact) mass is 368 g/mol. The average molecular weight is 368 g/mol. The summed E-state index contributed by atoms with van der Waals surface area (Å²) in [6.07, 6.45) is 0. The van der Waals surface area contributed by atoms with Gasteiger partial charge in [-0.1, -0.05) is 30.3 Å². The lowest BCUT2D eigenvalue weighted by atomic mass is 10.2. The highest BCUT2D eigenvalue weighted by atomic mass is 16.5. The Bertz CT molecular complexity index is 756. The summed E-state index contributed by atoms with van der Waals surface area (Å²) in [5.41, 5.74) is 2.14. The quantitative estimate of drug-likeness (QED) is 0.626. The van der Waals surface area contributed by atoms with Crippen LogP contribution in [0.4, 0.5) is 0 Å². The highest BCUT2D eigenvalue weighted by molar-refractivity contribution is 5.80. The van der Waals surface area contributed by atoms with Crippen LogP contribution >= 0.6 is 0 Å². The first-order valence-electron chi connectivity index (χ1n) is 9.27. The highest BCUT2D eigenvalue weighted by Crippen LogP contribution is 2.22. The lowest BCUT2D eigenvalue weighted by Gasteiger charge is -2.36. The van der Waals surface area contributed by atoms with E-state index in [1.807, 2.05) is 6.07 Å². The van der Waals surface area contributed by atoms with Crippen LogP contribution in [0.1, 0.15) is 11.1 Å². The first-order chi connectivity index (χ1) is 13.2. The molecule has 1 fully saturated rings. The molecule has 0 radical (unpaired) electrons. The second kappa shape index (κ2) is 9.28. The normalized spacial score (nSPS) is 15.6. The maximum Gasteiger partial charge on any atom is 0.194 e. The van der Waals surface area contributed by atoms with Crippen LogP contribution in [0.15, 0.2) is 53.5 Å². The Morgan fingerprint density at radius 1 is 1.11 bits per heavy atom. The van der Waals surface area contributed by atoms with Crippen LogP contribution in [-0.4, -0.2) is 61.2 Å². The van der Waals surface area contributed by atoms with Gasteiger partial charge in [0.15, 0.2) is 5.96 Å². The molecule has 27 heavy (non-hydrogen) atoms. The standard InChI is InChI=1S/C21H28N4O2/c1-22-21(23-15-18-14-19(27-2)8-9-20(18)26)25-12-10-24(11-13-25)16-17-6-4-3-5-7-17/h3-9,14,26H,10-13,15-16H2,1-2H3,(H,22,23). The number of rotatable bonds is 5. The topological polar surface area (TPSA) is 60.3 Å².